The first-order chi connectivity index (χ1) is 10.4. The third-order valence-corrected chi connectivity index (χ3v) is 3.06. The van der Waals surface area contributed by atoms with E-state index in [1.165, 1.54) is 0 Å². The summed E-state index contributed by atoms with van der Waals surface area (Å²) in [6, 6.07) is -1.07. The molecule has 2 amide bonds. The van der Waals surface area contributed by atoms with Gasteiger partial charge in [-0.25, -0.2) is 14.5 Å². The molecule has 1 fully saturated rings. The summed E-state index contributed by atoms with van der Waals surface area (Å²) in [5, 5.41) is 0. The summed E-state index contributed by atoms with van der Waals surface area (Å²) in [5.74, 6) is -1.97. The van der Waals surface area contributed by atoms with Gasteiger partial charge in [0.1, 0.15) is 23.5 Å². The van der Waals surface area contributed by atoms with Crippen LogP contribution >= 0.6 is 0 Å². The number of esters is 1. The molecule has 2 atom stereocenters. The molecule has 1 saturated heterocycles. The zero-order chi connectivity index (χ0) is 18.0. The fourth-order valence-electron chi connectivity index (χ4n) is 2.24. The van der Waals surface area contributed by atoms with E-state index in [0.29, 0.717) is 6.29 Å². The lowest BCUT2D eigenvalue weighted by Gasteiger charge is -2.28. The number of nitrogens with zero attached hydrogens (tertiary/aromatic N) is 1. The molecule has 23 heavy (non-hydrogen) atoms. The van der Waals surface area contributed by atoms with Gasteiger partial charge >= 0.3 is 12.1 Å². The number of carbonyl (C=O) groups is 4. The van der Waals surface area contributed by atoms with E-state index < -0.39 is 41.1 Å². The van der Waals surface area contributed by atoms with Crippen LogP contribution in [0.5, 0.6) is 0 Å². The molecule has 1 aliphatic rings. The summed E-state index contributed by atoms with van der Waals surface area (Å²) in [4.78, 5) is 48.5. The van der Waals surface area contributed by atoms with E-state index in [2.05, 4.69) is 0 Å². The number of imide groups is 1. The van der Waals surface area contributed by atoms with Gasteiger partial charge in [-0.1, -0.05) is 0 Å². The highest BCUT2D eigenvalue weighted by Gasteiger charge is 2.49. The van der Waals surface area contributed by atoms with Crippen molar-refractivity contribution in [2.24, 2.45) is 5.92 Å². The van der Waals surface area contributed by atoms with E-state index in [1.54, 1.807) is 41.5 Å². The van der Waals surface area contributed by atoms with Crippen LogP contribution in [0.25, 0.3) is 0 Å². The number of ether oxygens (including phenoxy) is 2. The molecule has 130 valence electrons. The highest BCUT2D eigenvalue weighted by Crippen LogP contribution is 2.30. The Morgan fingerprint density at radius 2 is 1.65 bits per heavy atom. The van der Waals surface area contributed by atoms with E-state index >= 15 is 0 Å². The van der Waals surface area contributed by atoms with Gasteiger partial charge in [-0.15, -0.1) is 0 Å². The second-order valence-corrected chi connectivity index (χ2v) is 7.57. The predicted octanol–water partition coefficient (Wildman–Crippen LogP) is 2.07. The summed E-state index contributed by atoms with van der Waals surface area (Å²) < 4.78 is 10.5. The average molecular weight is 327 g/mol. The van der Waals surface area contributed by atoms with Crippen LogP contribution in [-0.4, -0.2) is 46.4 Å². The second kappa shape index (κ2) is 6.68. The van der Waals surface area contributed by atoms with Crippen molar-refractivity contribution in [2.75, 3.05) is 0 Å². The molecule has 0 aliphatic carbocycles. The Bertz CT molecular complexity index is 500. The molecular weight excluding hydrogens is 302 g/mol. The third kappa shape index (κ3) is 5.33. The fourth-order valence-corrected chi connectivity index (χ4v) is 2.24. The normalized spacial score (nSPS) is 22.0. The second-order valence-electron chi connectivity index (χ2n) is 7.57. The maximum Gasteiger partial charge on any atom is 0.417 e. The van der Waals surface area contributed by atoms with Crippen LogP contribution in [-0.2, 0) is 23.9 Å². The Morgan fingerprint density at radius 1 is 1.13 bits per heavy atom. The molecule has 7 nitrogen and oxygen atoms in total. The van der Waals surface area contributed by atoms with Gasteiger partial charge in [0.25, 0.3) is 0 Å². The van der Waals surface area contributed by atoms with E-state index in [0.717, 1.165) is 4.90 Å². The minimum Gasteiger partial charge on any atom is -0.458 e. The standard InChI is InChI=1S/C16H25NO6/c1-15(2,3)22-13(20)11-9-10(7-8-18)12(19)17(11)14(21)23-16(4,5)6/h8,10-11H,7,9H2,1-6H3/t10-,11-/m0/s1. The van der Waals surface area contributed by atoms with Crippen molar-refractivity contribution in [2.45, 2.75) is 71.6 Å². The summed E-state index contributed by atoms with van der Waals surface area (Å²) in [5.41, 5.74) is -1.55. The minimum absolute atomic E-state index is 0.0442. The number of rotatable bonds is 3. The summed E-state index contributed by atoms with van der Waals surface area (Å²) in [7, 11) is 0. The van der Waals surface area contributed by atoms with Crippen molar-refractivity contribution in [3.05, 3.63) is 0 Å². The predicted molar refractivity (Wildman–Crippen MR) is 81.5 cm³/mol. The SMILES string of the molecule is CC(C)(C)OC(=O)[C@@H]1C[C@H](CC=O)C(=O)N1C(=O)OC(C)(C)C. The molecular formula is C16H25NO6. The van der Waals surface area contributed by atoms with Gasteiger partial charge in [-0.2, -0.15) is 0 Å². The van der Waals surface area contributed by atoms with Crippen LogP contribution in [0.2, 0.25) is 0 Å². The zero-order valence-electron chi connectivity index (χ0n) is 14.5. The Labute approximate surface area is 136 Å². The van der Waals surface area contributed by atoms with Crippen molar-refractivity contribution < 1.29 is 28.7 Å². The highest BCUT2D eigenvalue weighted by atomic mass is 16.6. The lowest BCUT2D eigenvalue weighted by Crippen LogP contribution is -2.47. The number of hydrogen-bond donors (Lipinski definition) is 0. The van der Waals surface area contributed by atoms with Crippen molar-refractivity contribution in [3.8, 4) is 0 Å². The molecule has 0 saturated carbocycles. The lowest BCUT2D eigenvalue weighted by molar-refractivity contribution is -0.161. The molecule has 1 heterocycles. The molecule has 0 bridgehead atoms. The number of carbonyl (C=O) groups excluding carboxylic acids is 4. The Morgan fingerprint density at radius 3 is 2.09 bits per heavy atom. The van der Waals surface area contributed by atoms with E-state index in [9.17, 15) is 19.2 Å². The van der Waals surface area contributed by atoms with Crippen molar-refractivity contribution in [3.63, 3.8) is 0 Å². The molecule has 1 aliphatic heterocycles. The Kier molecular flexibility index (Phi) is 5.56. The molecule has 0 aromatic carbocycles. The van der Waals surface area contributed by atoms with Gasteiger partial charge in [0.05, 0.1) is 0 Å². The average Bonchev–Trinajstić information content (AvgIpc) is 2.63. The maximum atomic E-state index is 12.4. The zero-order valence-corrected chi connectivity index (χ0v) is 14.5. The molecule has 0 spiro atoms. The van der Waals surface area contributed by atoms with Gasteiger partial charge in [0.15, 0.2) is 0 Å². The van der Waals surface area contributed by atoms with Crippen LogP contribution in [0.4, 0.5) is 4.79 Å². The topological polar surface area (TPSA) is 90.0 Å². The molecule has 0 unspecified atom stereocenters. The number of hydrogen-bond acceptors (Lipinski definition) is 6. The maximum absolute atomic E-state index is 12.4. The van der Waals surface area contributed by atoms with Crippen LogP contribution in [0.15, 0.2) is 0 Å². The molecule has 7 heteroatoms. The van der Waals surface area contributed by atoms with Crippen molar-refractivity contribution in [1.82, 2.24) is 4.90 Å². The van der Waals surface area contributed by atoms with E-state index in [1.807, 2.05) is 0 Å². The highest BCUT2D eigenvalue weighted by molar-refractivity contribution is 6.01. The van der Waals surface area contributed by atoms with Gasteiger partial charge in [0.2, 0.25) is 5.91 Å². The van der Waals surface area contributed by atoms with Gasteiger partial charge in [0, 0.05) is 12.3 Å². The van der Waals surface area contributed by atoms with Crippen LogP contribution in [0.3, 0.4) is 0 Å². The van der Waals surface area contributed by atoms with E-state index in [4.69, 9.17) is 9.47 Å². The van der Waals surface area contributed by atoms with Crippen molar-refractivity contribution >= 4 is 24.3 Å². The summed E-state index contributed by atoms with van der Waals surface area (Å²) in [6.07, 6.45) is -0.275. The van der Waals surface area contributed by atoms with Gasteiger partial charge < -0.3 is 14.3 Å². The first kappa shape index (κ1) is 19.1. The Balaban J connectivity index is 3.03. The van der Waals surface area contributed by atoms with Gasteiger partial charge in [-0.3, -0.25) is 4.79 Å². The van der Waals surface area contributed by atoms with Gasteiger partial charge in [-0.05, 0) is 48.0 Å². The largest absolute Gasteiger partial charge is 0.458 e. The van der Waals surface area contributed by atoms with Crippen LogP contribution in [0, 0.1) is 5.92 Å². The van der Waals surface area contributed by atoms with Crippen LogP contribution < -0.4 is 0 Å². The van der Waals surface area contributed by atoms with Crippen molar-refractivity contribution in [1.29, 1.82) is 0 Å². The quantitative estimate of drug-likeness (QED) is 0.582. The molecule has 0 radical (unpaired) electrons. The third-order valence-electron chi connectivity index (χ3n) is 3.06. The number of likely N-dealkylation sites (tertiary alicyclic amines) is 1. The number of amides is 2. The monoisotopic (exact) mass is 327 g/mol. The molecule has 1 rings (SSSR count). The summed E-state index contributed by atoms with van der Waals surface area (Å²) in [6.45, 7) is 10.1. The first-order valence-electron chi connectivity index (χ1n) is 7.58. The molecule has 0 N–H and O–H groups in total. The smallest absolute Gasteiger partial charge is 0.417 e. The number of aldehydes is 1. The van der Waals surface area contributed by atoms with Crippen LogP contribution in [0.1, 0.15) is 54.4 Å². The minimum atomic E-state index is -1.07. The van der Waals surface area contributed by atoms with E-state index in [-0.39, 0.29) is 12.8 Å². The molecule has 0 aromatic heterocycles. The lowest BCUT2D eigenvalue weighted by atomic mass is 10.0. The summed E-state index contributed by atoms with van der Waals surface area (Å²) >= 11 is 0. The molecule has 0 aromatic rings. The Hall–Kier alpha value is -1.92. The first-order valence-corrected chi connectivity index (χ1v) is 7.58. The fraction of sp³-hybridized carbons (Fsp3) is 0.750.